The van der Waals surface area contributed by atoms with Gasteiger partial charge in [-0.05, 0) is 19.3 Å². The van der Waals surface area contributed by atoms with E-state index in [-0.39, 0.29) is 39.0 Å². The average Bonchev–Trinajstić information content (AvgIpc) is 3.37. The number of nitriles is 1. The van der Waals surface area contributed by atoms with E-state index in [0.29, 0.717) is 41.7 Å². The van der Waals surface area contributed by atoms with Gasteiger partial charge in [0.25, 0.3) is 5.91 Å². The molecule has 4 heterocycles. The zero-order chi connectivity index (χ0) is 23.7. The van der Waals surface area contributed by atoms with Crippen LogP contribution in [0.5, 0.6) is 0 Å². The summed E-state index contributed by atoms with van der Waals surface area (Å²) in [5, 5.41) is 22.8. The van der Waals surface area contributed by atoms with Gasteiger partial charge >= 0.3 is 5.97 Å². The molecule has 1 aliphatic rings. The van der Waals surface area contributed by atoms with E-state index in [0.717, 1.165) is 11.3 Å². The standard InChI is InChI=1S/C21H20ClN7O3S/c1-10-9-29(21-28-17(18(33-21)20(31)32)14-8-24-4-5-25-14)6-3-13(10)27-19(30)16-12(7-23)15(22)11(2)26-16/h4-5,8,10,13,26H,3,6,9H2,1-2H3,(H,27,30)(H,31,32)/t10-,13+/m0/s1. The van der Waals surface area contributed by atoms with Crippen LogP contribution >= 0.6 is 22.9 Å². The Morgan fingerprint density at radius 2 is 2.21 bits per heavy atom. The third-order valence-electron chi connectivity index (χ3n) is 5.56. The molecule has 1 fully saturated rings. The van der Waals surface area contributed by atoms with E-state index in [1.165, 1.54) is 18.6 Å². The Bertz CT molecular complexity index is 1250. The van der Waals surface area contributed by atoms with Crippen LogP contribution in [0.4, 0.5) is 5.13 Å². The Balaban J connectivity index is 1.49. The number of halogens is 1. The minimum absolute atomic E-state index is 0.0527. The van der Waals surface area contributed by atoms with Gasteiger partial charge in [-0.15, -0.1) is 0 Å². The number of amides is 1. The summed E-state index contributed by atoms with van der Waals surface area (Å²) in [5.74, 6) is -1.39. The van der Waals surface area contributed by atoms with Crippen LogP contribution in [-0.4, -0.2) is 56.1 Å². The highest BCUT2D eigenvalue weighted by Crippen LogP contribution is 2.34. The number of H-pyrrole nitrogens is 1. The van der Waals surface area contributed by atoms with Crippen molar-refractivity contribution in [2.24, 2.45) is 5.92 Å². The molecule has 1 amide bonds. The highest BCUT2D eigenvalue weighted by Gasteiger charge is 2.32. The van der Waals surface area contributed by atoms with E-state index in [1.807, 2.05) is 17.9 Å². The number of anilines is 1. The lowest BCUT2D eigenvalue weighted by Crippen LogP contribution is -2.50. The molecule has 2 atom stereocenters. The molecule has 1 saturated heterocycles. The predicted octanol–water partition coefficient (Wildman–Crippen LogP) is 3.10. The maximum atomic E-state index is 12.8. The number of aromatic carboxylic acids is 1. The highest BCUT2D eigenvalue weighted by atomic mass is 35.5. The zero-order valence-corrected chi connectivity index (χ0v) is 19.4. The number of aromatic nitrogens is 4. The summed E-state index contributed by atoms with van der Waals surface area (Å²) < 4.78 is 0. The number of nitrogens with zero attached hydrogens (tertiary/aromatic N) is 5. The van der Waals surface area contributed by atoms with Gasteiger partial charge in [-0.1, -0.05) is 29.9 Å². The van der Waals surface area contributed by atoms with Crippen LogP contribution < -0.4 is 10.2 Å². The fourth-order valence-corrected chi connectivity index (χ4v) is 4.97. The third kappa shape index (κ3) is 4.40. The van der Waals surface area contributed by atoms with Gasteiger partial charge in [-0.3, -0.25) is 14.8 Å². The summed E-state index contributed by atoms with van der Waals surface area (Å²) in [4.78, 5) is 42.3. The fraction of sp³-hybridized carbons (Fsp3) is 0.333. The van der Waals surface area contributed by atoms with Crippen molar-refractivity contribution in [3.63, 3.8) is 0 Å². The summed E-state index contributed by atoms with van der Waals surface area (Å²) in [5.41, 5.74) is 1.56. The molecule has 0 radical (unpaired) electrons. The van der Waals surface area contributed by atoms with E-state index < -0.39 is 5.97 Å². The molecule has 170 valence electrons. The van der Waals surface area contributed by atoms with Crippen LogP contribution in [0.25, 0.3) is 11.4 Å². The number of thiazole rings is 1. The van der Waals surface area contributed by atoms with Crippen molar-refractivity contribution in [3.05, 3.63) is 45.4 Å². The molecule has 0 unspecified atom stereocenters. The number of piperidine rings is 1. The number of carboxylic acids is 1. The second-order valence-electron chi connectivity index (χ2n) is 7.79. The van der Waals surface area contributed by atoms with Crippen molar-refractivity contribution >= 4 is 39.9 Å². The number of aryl methyl sites for hydroxylation is 1. The maximum absolute atomic E-state index is 12.8. The average molecular weight is 486 g/mol. The molecular weight excluding hydrogens is 466 g/mol. The molecule has 10 nitrogen and oxygen atoms in total. The molecule has 0 bridgehead atoms. The van der Waals surface area contributed by atoms with Crippen molar-refractivity contribution in [1.29, 1.82) is 5.26 Å². The van der Waals surface area contributed by atoms with Gasteiger partial charge in [0.15, 0.2) is 5.13 Å². The Kier molecular flexibility index (Phi) is 6.31. The molecule has 3 aromatic heterocycles. The maximum Gasteiger partial charge on any atom is 0.348 e. The van der Waals surface area contributed by atoms with Crippen LogP contribution in [0.2, 0.25) is 5.02 Å². The summed E-state index contributed by atoms with van der Waals surface area (Å²) in [7, 11) is 0. The minimum Gasteiger partial charge on any atom is -0.477 e. The SMILES string of the molecule is Cc1[nH]c(C(=O)N[C@@H]2CCN(c3nc(-c4cnccn4)c(C(=O)O)s3)C[C@@H]2C)c(C#N)c1Cl. The molecule has 3 N–H and O–H groups in total. The molecule has 0 spiro atoms. The number of nitrogens with one attached hydrogen (secondary N) is 2. The first-order chi connectivity index (χ1) is 15.8. The first-order valence-electron chi connectivity index (χ1n) is 10.1. The molecule has 1 aliphatic heterocycles. The van der Waals surface area contributed by atoms with Crippen molar-refractivity contribution in [3.8, 4) is 17.5 Å². The largest absolute Gasteiger partial charge is 0.477 e. The van der Waals surface area contributed by atoms with E-state index in [4.69, 9.17) is 11.6 Å². The number of aromatic amines is 1. The van der Waals surface area contributed by atoms with Gasteiger partial charge in [-0.2, -0.15) is 5.26 Å². The summed E-state index contributed by atoms with van der Waals surface area (Å²) in [6.45, 7) is 4.87. The summed E-state index contributed by atoms with van der Waals surface area (Å²) in [6.07, 6.45) is 5.12. The van der Waals surface area contributed by atoms with Gasteiger partial charge < -0.3 is 20.3 Å². The van der Waals surface area contributed by atoms with Gasteiger partial charge in [-0.25, -0.2) is 9.78 Å². The van der Waals surface area contributed by atoms with E-state index in [1.54, 1.807) is 6.92 Å². The van der Waals surface area contributed by atoms with Gasteiger partial charge in [0.05, 0.1) is 11.2 Å². The van der Waals surface area contributed by atoms with Crippen molar-refractivity contribution in [2.75, 3.05) is 18.0 Å². The fourth-order valence-electron chi connectivity index (χ4n) is 3.84. The molecule has 0 saturated carbocycles. The predicted molar refractivity (Wildman–Crippen MR) is 123 cm³/mol. The lowest BCUT2D eigenvalue weighted by Gasteiger charge is -2.37. The van der Waals surface area contributed by atoms with Gasteiger partial charge in [0.2, 0.25) is 0 Å². The lowest BCUT2D eigenvalue weighted by molar-refractivity contribution is 0.0702. The Labute approximate surface area is 198 Å². The molecule has 3 aromatic rings. The lowest BCUT2D eigenvalue weighted by atomic mass is 9.94. The Morgan fingerprint density at radius 1 is 1.42 bits per heavy atom. The minimum atomic E-state index is -1.07. The normalized spacial score (nSPS) is 18.1. The molecule has 0 aromatic carbocycles. The number of carbonyl (C=O) groups excluding carboxylic acids is 1. The second kappa shape index (κ2) is 9.17. The second-order valence-corrected chi connectivity index (χ2v) is 9.14. The Hall–Kier alpha value is -3.49. The topological polar surface area (TPSA) is 148 Å². The highest BCUT2D eigenvalue weighted by molar-refractivity contribution is 7.17. The number of rotatable bonds is 5. The van der Waals surface area contributed by atoms with Crippen LogP contribution in [0.3, 0.4) is 0 Å². The number of hydrogen-bond acceptors (Lipinski definition) is 8. The smallest absolute Gasteiger partial charge is 0.348 e. The van der Waals surface area contributed by atoms with Crippen molar-refractivity contribution in [1.82, 2.24) is 25.3 Å². The van der Waals surface area contributed by atoms with Crippen LogP contribution in [-0.2, 0) is 0 Å². The first kappa shape index (κ1) is 22.7. The Morgan fingerprint density at radius 3 is 2.85 bits per heavy atom. The molecule has 0 aliphatic carbocycles. The molecule has 12 heteroatoms. The number of carbonyl (C=O) groups is 2. The van der Waals surface area contributed by atoms with Crippen LogP contribution in [0, 0.1) is 24.2 Å². The van der Waals surface area contributed by atoms with Crippen molar-refractivity contribution < 1.29 is 14.7 Å². The number of hydrogen-bond donors (Lipinski definition) is 3. The van der Waals surface area contributed by atoms with Crippen LogP contribution in [0.1, 0.15) is 44.8 Å². The first-order valence-corrected chi connectivity index (χ1v) is 11.3. The van der Waals surface area contributed by atoms with Gasteiger partial charge in [0, 0.05) is 37.2 Å². The number of carboxylic acid groups (broad SMARTS) is 1. The van der Waals surface area contributed by atoms with Gasteiger partial charge in [0.1, 0.15) is 33.6 Å². The third-order valence-corrected chi connectivity index (χ3v) is 7.13. The van der Waals surface area contributed by atoms with E-state index in [9.17, 15) is 20.0 Å². The molecule has 4 rings (SSSR count). The molecule has 33 heavy (non-hydrogen) atoms. The van der Waals surface area contributed by atoms with E-state index >= 15 is 0 Å². The summed E-state index contributed by atoms with van der Waals surface area (Å²) >= 11 is 7.20. The summed E-state index contributed by atoms with van der Waals surface area (Å²) in [6, 6.07) is 1.85. The zero-order valence-electron chi connectivity index (χ0n) is 17.8. The van der Waals surface area contributed by atoms with E-state index in [2.05, 4.69) is 25.3 Å². The monoisotopic (exact) mass is 485 g/mol. The molecular formula is C21H20ClN7O3S. The quantitative estimate of drug-likeness (QED) is 0.499. The van der Waals surface area contributed by atoms with Crippen molar-refractivity contribution in [2.45, 2.75) is 26.3 Å². The van der Waals surface area contributed by atoms with Crippen LogP contribution in [0.15, 0.2) is 18.6 Å².